The Morgan fingerprint density at radius 3 is 1.24 bits per heavy atom. The highest BCUT2D eigenvalue weighted by Crippen LogP contribution is 2.04. The summed E-state index contributed by atoms with van der Waals surface area (Å²) in [6.07, 6.45) is 5.94. The van der Waals surface area contributed by atoms with Gasteiger partial charge in [0.1, 0.15) is 0 Å². The van der Waals surface area contributed by atoms with Crippen molar-refractivity contribution in [3.8, 4) is 12.1 Å². The topological polar surface area (TPSA) is 47.6 Å². The number of hydrogen-bond donors (Lipinski definition) is 0. The van der Waals surface area contributed by atoms with E-state index in [1.807, 2.05) is 0 Å². The molecule has 2 nitrogen and oxygen atoms in total. The van der Waals surface area contributed by atoms with Crippen LogP contribution in [-0.4, -0.2) is 0 Å². The summed E-state index contributed by atoms with van der Waals surface area (Å²) < 4.78 is 0. The average molecular weight is 242 g/mol. The van der Waals surface area contributed by atoms with E-state index in [4.69, 9.17) is 10.5 Å². The highest BCUT2D eigenvalue weighted by atomic mass is 19.0. The number of nitrogens with zero attached hydrogens (tertiary/aromatic N) is 2. The van der Waals surface area contributed by atoms with Crippen molar-refractivity contribution in [1.29, 1.82) is 10.5 Å². The van der Waals surface area contributed by atoms with Gasteiger partial charge in [-0.25, -0.2) is 0 Å². The predicted octanol–water partition coefficient (Wildman–Crippen LogP) is 4.83. The van der Waals surface area contributed by atoms with Crippen molar-refractivity contribution in [1.82, 2.24) is 0 Å². The summed E-state index contributed by atoms with van der Waals surface area (Å²) in [5.74, 6) is 1.51. The first-order chi connectivity index (χ1) is 7.54. The maximum atomic E-state index is 8.13. The summed E-state index contributed by atoms with van der Waals surface area (Å²) in [6, 6.07) is 4.25. The van der Waals surface area contributed by atoms with Crippen molar-refractivity contribution < 1.29 is 4.70 Å². The molecular formula is C14H27FN2. The van der Waals surface area contributed by atoms with Crippen LogP contribution in [0.15, 0.2) is 0 Å². The lowest BCUT2D eigenvalue weighted by atomic mass is 10.1. The van der Waals surface area contributed by atoms with E-state index < -0.39 is 0 Å². The zero-order valence-corrected chi connectivity index (χ0v) is 11.7. The quantitative estimate of drug-likeness (QED) is 0.626. The van der Waals surface area contributed by atoms with Crippen molar-refractivity contribution in [3.63, 3.8) is 0 Å². The molecule has 0 saturated carbocycles. The van der Waals surface area contributed by atoms with Gasteiger partial charge in [-0.05, 0) is 37.5 Å². The van der Waals surface area contributed by atoms with Crippen LogP contribution in [0.1, 0.15) is 66.2 Å². The minimum absolute atomic E-state index is 0. The van der Waals surface area contributed by atoms with Gasteiger partial charge in [0.25, 0.3) is 0 Å². The third-order valence-electron chi connectivity index (χ3n) is 2.14. The van der Waals surface area contributed by atoms with Crippen LogP contribution < -0.4 is 0 Å². The molecule has 0 rings (SSSR count). The molecule has 0 aromatic heterocycles. The Bertz CT molecular complexity index is 187. The first-order valence-corrected chi connectivity index (χ1v) is 6.28. The highest BCUT2D eigenvalue weighted by Gasteiger charge is 1.91. The summed E-state index contributed by atoms with van der Waals surface area (Å²) in [5, 5.41) is 16.3. The lowest BCUT2D eigenvalue weighted by Gasteiger charge is -1.98. The van der Waals surface area contributed by atoms with Crippen molar-refractivity contribution in [3.05, 3.63) is 0 Å². The summed E-state index contributed by atoms with van der Waals surface area (Å²) in [6.45, 7) is 8.71. The summed E-state index contributed by atoms with van der Waals surface area (Å²) in [5.41, 5.74) is 0. The molecule has 0 bridgehead atoms. The molecule has 3 heteroatoms. The van der Waals surface area contributed by atoms with Gasteiger partial charge < -0.3 is 0 Å². The molecule has 0 radical (unpaired) electrons. The molecule has 0 fully saturated rings. The lowest BCUT2D eigenvalue weighted by Crippen LogP contribution is -1.84. The van der Waals surface area contributed by atoms with Crippen molar-refractivity contribution >= 4 is 0 Å². The molecule has 100 valence electrons. The van der Waals surface area contributed by atoms with E-state index >= 15 is 0 Å². The maximum absolute atomic E-state index is 8.13. The fraction of sp³-hybridized carbons (Fsp3) is 0.857. The van der Waals surface area contributed by atoms with E-state index in [0.717, 1.165) is 37.5 Å². The van der Waals surface area contributed by atoms with Crippen LogP contribution in [0.25, 0.3) is 0 Å². The third-order valence-corrected chi connectivity index (χ3v) is 2.14. The zero-order valence-electron chi connectivity index (χ0n) is 11.7. The number of rotatable bonds is 6. The van der Waals surface area contributed by atoms with Crippen LogP contribution in [0.2, 0.25) is 0 Å². The minimum Gasteiger partial charge on any atom is -0.269 e. The Labute approximate surface area is 106 Å². The first kappa shape index (κ1) is 21.2. The third kappa shape index (κ3) is 31.3. The first-order valence-electron chi connectivity index (χ1n) is 6.28. The Kier molecular flexibility index (Phi) is 21.6. The fourth-order valence-corrected chi connectivity index (χ4v) is 1.18. The van der Waals surface area contributed by atoms with Crippen molar-refractivity contribution in [2.24, 2.45) is 11.8 Å². The lowest BCUT2D eigenvalue weighted by molar-refractivity contribution is 0.561. The highest BCUT2D eigenvalue weighted by molar-refractivity contribution is 4.68. The predicted molar refractivity (Wildman–Crippen MR) is 71.1 cm³/mol. The Morgan fingerprint density at radius 1 is 0.765 bits per heavy atom. The monoisotopic (exact) mass is 242 g/mol. The Morgan fingerprint density at radius 2 is 1.06 bits per heavy atom. The smallest absolute Gasteiger partial charge is 0.0621 e. The number of hydrogen-bond acceptors (Lipinski definition) is 2. The summed E-state index contributed by atoms with van der Waals surface area (Å²) in [7, 11) is 0. The maximum Gasteiger partial charge on any atom is 0.0621 e. The molecule has 0 aromatic carbocycles. The van der Waals surface area contributed by atoms with Gasteiger partial charge in [0.2, 0.25) is 0 Å². The minimum atomic E-state index is 0. The van der Waals surface area contributed by atoms with Gasteiger partial charge >= 0.3 is 0 Å². The van der Waals surface area contributed by atoms with Gasteiger partial charge in [-0.15, -0.1) is 0 Å². The fourth-order valence-electron chi connectivity index (χ4n) is 1.18. The molecule has 0 atom stereocenters. The van der Waals surface area contributed by atoms with Crippen LogP contribution in [-0.2, 0) is 0 Å². The van der Waals surface area contributed by atoms with Crippen molar-refractivity contribution in [2.75, 3.05) is 0 Å². The van der Waals surface area contributed by atoms with Crippen LogP contribution in [0.3, 0.4) is 0 Å². The van der Waals surface area contributed by atoms with Gasteiger partial charge in [0.15, 0.2) is 0 Å². The van der Waals surface area contributed by atoms with Crippen LogP contribution in [0, 0.1) is 34.5 Å². The molecule has 0 aromatic rings. The average Bonchev–Trinajstić information content (AvgIpc) is 2.18. The van der Waals surface area contributed by atoms with Gasteiger partial charge in [-0.2, -0.15) is 10.5 Å². The van der Waals surface area contributed by atoms with Gasteiger partial charge in [0, 0.05) is 12.8 Å². The number of nitriles is 2. The normalized spacial score (nSPS) is 8.71. The van der Waals surface area contributed by atoms with E-state index in [2.05, 4.69) is 39.8 Å². The molecular weight excluding hydrogens is 215 g/mol. The zero-order chi connectivity index (χ0) is 12.8. The molecule has 0 aliphatic heterocycles. The summed E-state index contributed by atoms with van der Waals surface area (Å²) in [4.78, 5) is 0. The van der Waals surface area contributed by atoms with E-state index in [1.165, 1.54) is 12.8 Å². The van der Waals surface area contributed by atoms with Crippen LogP contribution in [0.4, 0.5) is 4.70 Å². The molecule has 0 saturated heterocycles. The number of unbranched alkanes of at least 4 members (excludes halogenated alkanes) is 2. The largest absolute Gasteiger partial charge is 0.269 e. The number of halogens is 1. The van der Waals surface area contributed by atoms with E-state index in [9.17, 15) is 0 Å². The molecule has 0 unspecified atom stereocenters. The molecule has 0 amide bonds. The SMILES string of the molecule is CC(C)CCCC#N.CC(C)CCCC#N.F. The van der Waals surface area contributed by atoms with Gasteiger partial charge in [-0.3, -0.25) is 4.70 Å². The molecule has 0 N–H and O–H groups in total. The van der Waals surface area contributed by atoms with Gasteiger partial charge in [0.05, 0.1) is 12.1 Å². The standard InChI is InChI=1S/2C7H13N.FH/c2*1-7(2)5-3-4-6-8;/h2*7H,3-5H2,1-2H3;1H. The summed E-state index contributed by atoms with van der Waals surface area (Å²) >= 11 is 0. The van der Waals surface area contributed by atoms with E-state index in [1.54, 1.807) is 0 Å². The van der Waals surface area contributed by atoms with Crippen LogP contribution in [0.5, 0.6) is 0 Å². The van der Waals surface area contributed by atoms with Crippen LogP contribution >= 0.6 is 0 Å². The Balaban J connectivity index is -0.000000218. The molecule has 17 heavy (non-hydrogen) atoms. The molecule has 0 aliphatic carbocycles. The molecule has 0 heterocycles. The van der Waals surface area contributed by atoms with Crippen molar-refractivity contribution in [2.45, 2.75) is 66.2 Å². The van der Waals surface area contributed by atoms with E-state index in [0.29, 0.717) is 0 Å². The second-order valence-electron chi connectivity index (χ2n) is 4.89. The van der Waals surface area contributed by atoms with E-state index in [-0.39, 0.29) is 4.70 Å². The Hall–Kier alpha value is -1.09. The van der Waals surface area contributed by atoms with Gasteiger partial charge in [-0.1, -0.05) is 27.7 Å². The second kappa shape index (κ2) is 17.3. The second-order valence-corrected chi connectivity index (χ2v) is 4.89. The molecule has 0 spiro atoms. The molecule has 0 aliphatic rings.